The van der Waals surface area contributed by atoms with E-state index in [1.807, 2.05) is 0 Å². The van der Waals surface area contributed by atoms with Gasteiger partial charge in [-0.15, -0.1) is 0 Å². The summed E-state index contributed by atoms with van der Waals surface area (Å²) >= 11 is 0. The van der Waals surface area contributed by atoms with E-state index in [2.05, 4.69) is 10.6 Å². The highest BCUT2D eigenvalue weighted by Crippen LogP contribution is 2.26. The molecule has 0 bridgehead atoms. The van der Waals surface area contributed by atoms with Gasteiger partial charge in [0.2, 0.25) is 21.7 Å². The second-order valence-electron chi connectivity index (χ2n) is 5.37. The lowest BCUT2D eigenvalue weighted by Gasteiger charge is -2.10. The highest BCUT2D eigenvalue weighted by Gasteiger charge is 2.18. The summed E-state index contributed by atoms with van der Waals surface area (Å²) in [4.78, 5) is 22.4. The summed E-state index contributed by atoms with van der Waals surface area (Å²) in [5.74, 6) is -0.447. The molecule has 0 aliphatic carbocycles. The van der Waals surface area contributed by atoms with Gasteiger partial charge in [-0.25, -0.2) is 8.42 Å². The van der Waals surface area contributed by atoms with Gasteiger partial charge in [-0.1, -0.05) is 0 Å². The number of carbonyl (C=O) groups is 2. The lowest BCUT2D eigenvalue weighted by atomic mass is 10.2. The van der Waals surface area contributed by atoms with Crippen molar-refractivity contribution in [3.8, 4) is 0 Å². The standard InChI is InChI=1S/C17H18N2O4S/c1-11-10-16(8-9-17(11)19-13(3)21)24(22,23)15-6-4-14(5-7-15)18-12(2)20/h4-10H,1-3H3,(H,18,20)(H,19,21). The molecule has 2 rings (SSSR count). The monoisotopic (exact) mass is 346 g/mol. The van der Waals surface area contributed by atoms with Crippen LogP contribution < -0.4 is 10.6 Å². The molecule has 0 heterocycles. The van der Waals surface area contributed by atoms with Crippen molar-refractivity contribution >= 4 is 33.0 Å². The fourth-order valence-corrected chi connectivity index (χ4v) is 3.54. The van der Waals surface area contributed by atoms with Gasteiger partial charge in [-0.05, 0) is 55.0 Å². The number of aryl methyl sites for hydroxylation is 1. The van der Waals surface area contributed by atoms with Gasteiger partial charge in [0.15, 0.2) is 0 Å². The van der Waals surface area contributed by atoms with E-state index in [1.165, 1.54) is 50.2 Å². The molecule has 0 aliphatic heterocycles. The molecule has 0 fully saturated rings. The van der Waals surface area contributed by atoms with Crippen LogP contribution in [0.2, 0.25) is 0 Å². The van der Waals surface area contributed by atoms with Crippen molar-refractivity contribution in [1.82, 2.24) is 0 Å². The first-order valence-electron chi connectivity index (χ1n) is 7.21. The van der Waals surface area contributed by atoms with Crippen LogP contribution in [0.3, 0.4) is 0 Å². The van der Waals surface area contributed by atoms with Gasteiger partial charge >= 0.3 is 0 Å². The van der Waals surface area contributed by atoms with Crippen molar-refractivity contribution in [1.29, 1.82) is 0 Å². The smallest absolute Gasteiger partial charge is 0.221 e. The molecule has 0 unspecified atom stereocenters. The van der Waals surface area contributed by atoms with Gasteiger partial charge in [-0.2, -0.15) is 0 Å². The van der Waals surface area contributed by atoms with E-state index in [4.69, 9.17) is 0 Å². The highest BCUT2D eigenvalue weighted by molar-refractivity contribution is 7.91. The van der Waals surface area contributed by atoms with Crippen LogP contribution in [0.1, 0.15) is 19.4 Å². The van der Waals surface area contributed by atoms with Gasteiger partial charge in [0.1, 0.15) is 0 Å². The lowest BCUT2D eigenvalue weighted by Crippen LogP contribution is -2.09. The fraction of sp³-hybridized carbons (Fsp3) is 0.176. The first kappa shape index (κ1) is 17.7. The SMILES string of the molecule is CC(=O)Nc1ccc(S(=O)(=O)c2ccc(NC(C)=O)c(C)c2)cc1. The number of hydrogen-bond donors (Lipinski definition) is 2. The maximum absolute atomic E-state index is 12.7. The zero-order valence-electron chi connectivity index (χ0n) is 13.6. The summed E-state index contributed by atoms with van der Waals surface area (Å²) in [5, 5.41) is 5.23. The van der Waals surface area contributed by atoms with Gasteiger partial charge in [0, 0.05) is 25.2 Å². The fourth-order valence-electron chi connectivity index (χ4n) is 2.19. The first-order valence-corrected chi connectivity index (χ1v) is 8.69. The van der Waals surface area contributed by atoms with Crippen molar-refractivity contribution in [2.75, 3.05) is 10.6 Å². The normalized spacial score (nSPS) is 11.0. The zero-order valence-corrected chi connectivity index (χ0v) is 14.4. The maximum Gasteiger partial charge on any atom is 0.221 e. The number of nitrogens with one attached hydrogen (secondary N) is 2. The van der Waals surface area contributed by atoms with Crippen LogP contribution in [0.25, 0.3) is 0 Å². The summed E-state index contributed by atoms with van der Waals surface area (Å²) in [7, 11) is -3.68. The summed E-state index contributed by atoms with van der Waals surface area (Å²) in [6.45, 7) is 4.50. The molecular weight excluding hydrogens is 328 g/mol. The molecule has 0 spiro atoms. The number of anilines is 2. The molecule has 2 N–H and O–H groups in total. The van der Waals surface area contributed by atoms with Crippen molar-refractivity contribution in [3.63, 3.8) is 0 Å². The number of rotatable bonds is 4. The predicted octanol–water partition coefficient (Wildman–Crippen LogP) is 2.74. The predicted molar refractivity (Wildman–Crippen MR) is 91.7 cm³/mol. The highest BCUT2D eigenvalue weighted by atomic mass is 32.2. The van der Waals surface area contributed by atoms with Crippen LogP contribution in [0.15, 0.2) is 52.3 Å². The third-order valence-corrected chi connectivity index (χ3v) is 5.07. The molecule has 126 valence electrons. The summed E-state index contributed by atoms with van der Waals surface area (Å²) < 4.78 is 25.4. The third kappa shape index (κ3) is 3.99. The van der Waals surface area contributed by atoms with Crippen LogP contribution in [0, 0.1) is 6.92 Å². The van der Waals surface area contributed by atoms with E-state index in [0.29, 0.717) is 16.9 Å². The van der Waals surface area contributed by atoms with E-state index >= 15 is 0 Å². The van der Waals surface area contributed by atoms with E-state index in [9.17, 15) is 18.0 Å². The molecule has 24 heavy (non-hydrogen) atoms. The molecule has 6 nitrogen and oxygen atoms in total. The molecule has 0 saturated carbocycles. The zero-order chi connectivity index (χ0) is 17.9. The topological polar surface area (TPSA) is 92.3 Å². The molecule has 0 saturated heterocycles. The van der Waals surface area contributed by atoms with Crippen LogP contribution >= 0.6 is 0 Å². The molecule has 2 aromatic carbocycles. The minimum atomic E-state index is -3.68. The second-order valence-corrected chi connectivity index (χ2v) is 7.32. The third-order valence-electron chi connectivity index (χ3n) is 3.30. The Hall–Kier alpha value is -2.67. The average Bonchev–Trinajstić information content (AvgIpc) is 2.48. The minimum Gasteiger partial charge on any atom is -0.326 e. The Bertz CT molecular complexity index is 887. The van der Waals surface area contributed by atoms with Crippen LogP contribution in [-0.4, -0.2) is 20.2 Å². The number of sulfone groups is 1. The van der Waals surface area contributed by atoms with Crippen molar-refractivity contribution < 1.29 is 18.0 Å². The summed E-state index contributed by atoms with van der Waals surface area (Å²) in [6, 6.07) is 10.5. The molecule has 0 radical (unpaired) electrons. The van der Waals surface area contributed by atoms with Gasteiger partial charge in [0.05, 0.1) is 9.79 Å². The number of benzene rings is 2. The minimum absolute atomic E-state index is 0.128. The summed E-state index contributed by atoms with van der Waals surface area (Å²) in [6.07, 6.45) is 0. The van der Waals surface area contributed by atoms with Crippen LogP contribution in [0.4, 0.5) is 11.4 Å². The molecular formula is C17H18N2O4S. The molecule has 0 atom stereocenters. The Balaban J connectivity index is 2.34. The molecule has 0 aliphatic rings. The van der Waals surface area contributed by atoms with E-state index in [1.54, 1.807) is 13.0 Å². The Morgan fingerprint density at radius 2 is 1.38 bits per heavy atom. The Morgan fingerprint density at radius 3 is 1.88 bits per heavy atom. The number of amides is 2. The number of carbonyl (C=O) groups excluding carboxylic acids is 2. The second kappa shape index (κ2) is 6.84. The van der Waals surface area contributed by atoms with Crippen molar-refractivity contribution in [2.45, 2.75) is 30.6 Å². The van der Waals surface area contributed by atoms with Gasteiger partial charge < -0.3 is 10.6 Å². The van der Waals surface area contributed by atoms with Crippen LogP contribution in [-0.2, 0) is 19.4 Å². The van der Waals surface area contributed by atoms with Gasteiger partial charge in [0.25, 0.3) is 0 Å². The average molecular weight is 346 g/mol. The van der Waals surface area contributed by atoms with Crippen molar-refractivity contribution in [3.05, 3.63) is 48.0 Å². The molecule has 2 amide bonds. The molecule has 2 aromatic rings. The van der Waals surface area contributed by atoms with Crippen LogP contribution in [0.5, 0.6) is 0 Å². The van der Waals surface area contributed by atoms with Gasteiger partial charge in [-0.3, -0.25) is 9.59 Å². The quantitative estimate of drug-likeness (QED) is 0.890. The molecule has 7 heteroatoms. The largest absolute Gasteiger partial charge is 0.326 e. The van der Waals surface area contributed by atoms with E-state index in [0.717, 1.165) is 0 Å². The Morgan fingerprint density at radius 1 is 0.833 bits per heavy atom. The van der Waals surface area contributed by atoms with Crippen molar-refractivity contribution in [2.24, 2.45) is 0 Å². The number of hydrogen-bond acceptors (Lipinski definition) is 4. The first-order chi connectivity index (χ1) is 11.2. The lowest BCUT2D eigenvalue weighted by molar-refractivity contribution is -0.115. The Labute approximate surface area is 140 Å². The summed E-state index contributed by atoms with van der Waals surface area (Å²) in [5.41, 5.74) is 1.75. The van der Waals surface area contributed by atoms with E-state index in [-0.39, 0.29) is 21.6 Å². The Kier molecular flexibility index (Phi) is 5.04. The maximum atomic E-state index is 12.7. The van der Waals surface area contributed by atoms with E-state index < -0.39 is 9.84 Å². The molecule has 0 aromatic heterocycles.